The Kier molecular flexibility index (Phi) is 6.38. The molecule has 0 radical (unpaired) electrons. The quantitative estimate of drug-likeness (QED) is 0.571. The number of nitrogens with one attached hydrogen (secondary N) is 1. The van der Waals surface area contributed by atoms with Gasteiger partial charge in [-0.25, -0.2) is 13.4 Å². The molecule has 164 valence electrons. The molecule has 1 saturated heterocycles. The van der Waals surface area contributed by atoms with Crippen molar-refractivity contribution in [2.45, 2.75) is 44.0 Å². The van der Waals surface area contributed by atoms with E-state index in [4.69, 9.17) is 0 Å². The Morgan fingerprint density at radius 3 is 2.68 bits per heavy atom. The van der Waals surface area contributed by atoms with E-state index >= 15 is 0 Å². The molecule has 8 heteroatoms. The van der Waals surface area contributed by atoms with Crippen molar-refractivity contribution in [3.63, 3.8) is 0 Å². The van der Waals surface area contributed by atoms with E-state index in [-0.39, 0.29) is 10.8 Å². The summed E-state index contributed by atoms with van der Waals surface area (Å²) in [6.07, 6.45) is 5.38. The van der Waals surface area contributed by atoms with E-state index < -0.39 is 10.0 Å². The van der Waals surface area contributed by atoms with Crippen LogP contribution in [0, 0.1) is 6.92 Å². The smallest absolute Gasteiger partial charge is 0.251 e. The lowest BCUT2D eigenvalue weighted by Crippen LogP contribution is -2.35. The molecule has 2 aromatic carbocycles. The van der Waals surface area contributed by atoms with Crippen molar-refractivity contribution in [3.05, 3.63) is 59.9 Å². The number of benzene rings is 2. The zero-order valence-corrected chi connectivity index (χ0v) is 18.6. The van der Waals surface area contributed by atoms with Crippen molar-refractivity contribution >= 4 is 27.0 Å². The highest BCUT2D eigenvalue weighted by Crippen LogP contribution is 2.23. The van der Waals surface area contributed by atoms with Crippen LogP contribution in [-0.4, -0.2) is 47.8 Å². The topological polar surface area (TPSA) is 84.3 Å². The van der Waals surface area contributed by atoms with Crippen LogP contribution in [0.1, 0.15) is 41.6 Å². The zero-order chi connectivity index (χ0) is 21.8. The molecule has 4 rings (SSSR count). The molecule has 0 atom stereocenters. The maximum Gasteiger partial charge on any atom is 0.251 e. The number of amides is 1. The molecule has 1 aromatic heterocycles. The van der Waals surface area contributed by atoms with Gasteiger partial charge in [0.25, 0.3) is 5.91 Å². The number of carbonyl (C=O) groups excluding carboxylic acids is 1. The van der Waals surface area contributed by atoms with E-state index in [0.29, 0.717) is 25.2 Å². The normalized spacial score (nSPS) is 15.3. The maximum atomic E-state index is 13.0. The van der Waals surface area contributed by atoms with E-state index in [0.717, 1.165) is 48.8 Å². The SMILES string of the molecule is Cc1ccc(S(=O)(=O)N2CCCCC2)cc1C(=O)NCCCn1cnc2ccccc21. The highest BCUT2D eigenvalue weighted by atomic mass is 32.2. The number of hydrogen-bond donors (Lipinski definition) is 1. The molecular formula is C23H28N4O3S. The van der Waals surface area contributed by atoms with Crippen LogP contribution in [0.2, 0.25) is 0 Å². The number of para-hydroxylation sites is 2. The van der Waals surface area contributed by atoms with Gasteiger partial charge in [-0.2, -0.15) is 4.31 Å². The maximum absolute atomic E-state index is 13.0. The molecule has 1 N–H and O–H groups in total. The minimum atomic E-state index is -3.57. The van der Waals surface area contributed by atoms with Gasteiger partial charge in [-0.3, -0.25) is 4.79 Å². The van der Waals surface area contributed by atoms with E-state index in [1.807, 2.05) is 37.5 Å². The van der Waals surface area contributed by atoms with Gasteiger partial charge in [-0.15, -0.1) is 0 Å². The van der Waals surface area contributed by atoms with Crippen LogP contribution in [0.25, 0.3) is 11.0 Å². The van der Waals surface area contributed by atoms with Gasteiger partial charge in [0, 0.05) is 31.7 Å². The lowest BCUT2D eigenvalue weighted by Gasteiger charge is -2.26. The molecular weight excluding hydrogens is 412 g/mol. The molecule has 1 aliphatic heterocycles. The summed E-state index contributed by atoms with van der Waals surface area (Å²) in [5, 5.41) is 2.93. The summed E-state index contributed by atoms with van der Waals surface area (Å²) in [5.74, 6) is -0.247. The number of nitrogens with zero attached hydrogens (tertiary/aromatic N) is 3. The van der Waals surface area contributed by atoms with Crippen LogP contribution in [-0.2, 0) is 16.6 Å². The Morgan fingerprint density at radius 2 is 1.87 bits per heavy atom. The third-order valence-electron chi connectivity index (χ3n) is 5.80. The fourth-order valence-electron chi connectivity index (χ4n) is 4.00. The van der Waals surface area contributed by atoms with Crippen molar-refractivity contribution < 1.29 is 13.2 Å². The van der Waals surface area contributed by atoms with Crippen LogP contribution in [0.4, 0.5) is 0 Å². The first kappa shape index (κ1) is 21.5. The van der Waals surface area contributed by atoms with E-state index in [2.05, 4.69) is 14.9 Å². The lowest BCUT2D eigenvalue weighted by molar-refractivity contribution is 0.0952. The Bertz CT molecular complexity index is 1180. The average molecular weight is 441 g/mol. The average Bonchev–Trinajstić information content (AvgIpc) is 3.20. The van der Waals surface area contributed by atoms with Crippen molar-refractivity contribution in [1.82, 2.24) is 19.2 Å². The van der Waals surface area contributed by atoms with E-state index in [1.54, 1.807) is 12.1 Å². The Hall–Kier alpha value is -2.71. The minimum Gasteiger partial charge on any atom is -0.352 e. The molecule has 1 fully saturated rings. The number of aryl methyl sites for hydroxylation is 2. The molecule has 0 aliphatic carbocycles. The number of carbonyl (C=O) groups is 1. The van der Waals surface area contributed by atoms with Crippen molar-refractivity contribution in [2.75, 3.05) is 19.6 Å². The summed E-state index contributed by atoms with van der Waals surface area (Å²) in [5.41, 5.74) is 3.19. The van der Waals surface area contributed by atoms with Crippen LogP contribution in [0.5, 0.6) is 0 Å². The van der Waals surface area contributed by atoms with Gasteiger partial charge in [0.1, 0.15) is 0 Å². The molecule has 3 aromatic rings. The highest BCUT2D eigenvalue weighted by molar-refractivity contribution is 7.89. The number of piperidine rings is 1. The first-order chi connectivity index (χ1) is 15.0. The molecule has 7 nitrogen and oxygen atoms in total. The third kappa shape index (κ3) is 4.65. The lowest BCUT2D eigenvalue weighted by atomic mass is 10.1. The van der Waals surface area contributed by atoms with Gasteiger partial charge in [0.2, 0.25) is 10.0 Å². The van der Waals surface area contributed by atoms with Gasteiger partial charge in [0.05, 0.1) is 22.3 Å². The molecule has 0 bridgehead atoms. The predicted octanol–water partition coefficient (Wildman–Crippen LogP) is 3.34. The second-order valence-corrected chi connectivity index (χ2v) is 9.92. The Labute approximate surface area is 183 Å². The minimum absolute atomic E-state index is 0.190. The molecule has 1 aliphatic rings. The number of aromatic nitrogens is 2. The van der Waals surface area contributed by atoms with Crippen LogP contribution < -0.4 is 5.32 Å². The predicted molar refractivity (Wildman–Crippen MR) is 120 cm³/mol. The molecule has 1 amide bonds. The zero-order valence-electron chi connectivity index (χ0n) is 17.8. The van der Waals surface area contributed by atoms with Crippen LogP contribution in [0.3, 0.4) is 0 Å². The highest BCUT2D eigenvalue weighted by Gasteiger charge is 2.27. The van der Waals surface area contributed by atoms with Crippen molar-refractivity contribution in [2.24, 2.45) is 0 Å². The summed E-state index contributed by atoms with van der Waals surface area (Å²) in [4.78, 5) is 17.3. The van der Waals surface area contributed by atoms with Gasteiger partial charge in [-0.1, -0.05) is 24.6 Å². The molecule has 0 saturated carbocycles. The van der Waals surface area contributed by atoms with Gasteiger partial charge in [0.15, 0.2) is 0 Å². The van der Waals surface area contributed by atoms with Crippen LogP contribution >= 0.6 is 0 Å². The monoisotopic (exact) mass is 440 g/mol. The second kappa shape index (κ2) is 9.20. The van der Waals surface area contributed by atoms with E-state index in [1.165, 1.54) is 10.4 Å². The second-order valence-electron chi connectivity index (χ2n) is 7.98. The summed E-state index contributed by atoms with van der Waals surface area (Å²) in [6.45, 7) is 4.14. The molecule has 0 unspecified atom stereocenters. The first-order valence-corrected chi connectivity index (χ1v) is 12.2. The Balaban J connectivity index is 1.39. The van der Waals surface area contributed by atoms with Gasteiger partial charge < -0.3 is 9.88 Å². The largest absolute Gasteiger partial charge is 0.352 e. The van der Waals surface area contributed by atoms with E-state index in [9.17, 15) is 13.2 Å². The number of sulfonamides is 1. The third-order valence-corrected chi connectivity index (χ3v) is 7.69. The fourth-order valence-corrected chi connectivity index (χ4v) is 5.54. The fraction of sp³-hybridized carbons (Fsp3) is 0.391. The summed E-state index contributed by atoms with van der Waals surface area (Å²) < 4.78 is 29.5. The van der Waals surface area contributed by atoms with Crippen LogP contribution in [0.15, 0.2) is 53.7 Å². The first-order valence-electron chi connectivity index (χ1n) is 10.8. The summed E-state index contributed by atoms with van der Waals surface area (Å²) in [7, 11) is -3.57. The number of fused-ring (bicyclic) bond motifs is 1. The number of rotatable bonds is 7. The number of hydrogen-bond acceptors (Lipinski definition) is 4. The molecule has 31 heavy (non-hydrogen) atoms. The molecule has 2 heterocycles. The number of imidazole rings is 1. The van der Waals surface area contributed by atoms with Gasteiger partial charge in [-0.05, 0) is 56.0 Å². The van der Waals surface area contributed by atoms with Crippen molar-refractivity contribution in [1.29, 1.82) is 0 Å². The standard InChI is InChI=1S/C23H28N4O3S/c1-18-10-11-19(31(29,30)27-14-5-2-6-15-27)16-20(18)23(28)24-12-7-13-26-17-25-21-8-3-4-9-22(21)26/h3-4,8-11,16-17H,2,5-7,12-15H2,1H3,(H,24,28). The summed E-state index contributed by atoms with van der Waals surface area (Å²) in [6, 6.07) is 12.8. The Morgan fingerprint density at radius 1 is 1.10 bits per heavy atom. The molecule has 0 spiro atoms. The van der Waals surface area contributed by atoms with Gasteiger partial charge >= 0.3 is 0 Å². The summed E-state index contributed by atoms with van der Waals surface area (Å²) >= 11 is 0. The van der Waals surface area contributed by atoms with Crippen molar-refractivity contribution in [3.8, 4) is 0 Å².